The molecule has 0 spiro atoms. The first kappa shape index (κ1) is 9.54. The molecule has 0 aliphatic carbocycles. The average molecular weight is 180 g/mol. The maximum atomic E-state index is 5.88. The minimum absolute atomic E-state index is 0.0984. The van der Waals surface area contributed by atoms with Crippen molar-refractivity contribution in [2.24, 2.45) is 5.92 Å². The standard InChI is InChI=1S/C10H17BO2/c1-4-7-10(5-2)6(3)8(12-7)9(11)13-10/h6-9H,4-5H2,1-3H3/t6-,7+,8?,9-,10-/m1/s1. The summed E-state index contributed by atoms with van der Waals surface area (Å²) in [6.07, 6.45) is 2.38. The van der Waals surface area contributed by atoms with Gasteiger partial charge in [-0.25, -0.2) is 0 Å². The van der Waals surface area contributed by atoms with Crippen molar-refractivity contribution >= 4 is 7.85 Å². The SMILES string of the molecule is [B][C@@H]1O[C@@]2(CC)[C@H](CC)OC1[C@H]2C. The fraction of sp³-hybridized carbons (Fsp3) is 1.00. The number of ether oxygens (including phenoxy) is 2. The van der Waals surface area contributed by atoms with Gasteiger partial charge >= 0.3 is 0 Å². The molecule has 2 heterocycles. The number of hydrogen-bond acceptors (Lipinski definition) is 2. The van der Waals surface area contributed by atoms with Crippen molar-refractivity contribution in [3.8, 4) is 0 Å². The molecule has 0 aromatic heterocycles. The Morgan fingerprint density at radius 1 is 1.38 bits per heavy atom. The molecule has 0 aromatic carbocycles. The Labute approximate surface area is 81.4 Å². The van der Waals surface area contributed by atoms with E-state index >= 15 is 0 Å². The van der Waals surface area contributed by atoms with Crippen LogP contribution in [0.15, 0.2) is 0 Å². The predicted molar refractivity (Wildman–Crippen MR) is 51.8 cm³/mol. The monoisotopic (exact) mass is 180 g/mol. The molecule has 2 saturated heterocycles. The first-order valence-corrected chi connectivity index (χ1v) is 5.24. The van der Waals surface area contributed by atoms with Crippen molar-refractivity contribution in [3.63, 3.8) is 0 Å². The van der Waals surface area contributed by atoms with E-state index in [2.05, 4.69) is 20.8 Å². The van der Waals surface area contributed by atoms with Crippen LogP contribution in [0, 0.1) is 5.92 Å². The summed E-state index contributed by atoms with van der Waals surface area (Å²) < 4.78 is 11.7. The lowest BCUT2D eigenvalue weighted by Crippen LogP contribution is -2.45. The molecule has 2 rings (SSSR count). The largest absolute Gasteiger partial charge is 0.376 e. The van der Waals surface area contributed by atoms with E-state index in [1.165, 1.54) is 0 Å². The average Bonchev–Trinajstić information content (AvgIpc) is 2.54. The molecule has 13 heavy (non-hydrogen) atoms. The molecule has 0 N–H and O–H groups in total. The molecule has 0 aromatic rings. The van der Waals surface area contributed by atoms with Gasteiger partial charge in [-0.05, 0) is 12.8 Å². The van der Waals surface area contributed by atoms with Crippen LogP contribution < -0.4 is 0 Å². The number of fused-ring (bicyclic) bond motifs is 2. The summed E-state index contributed by atoms with van der Waals surface area (Å²) in [5.41, 5.74) is -0.0984. The van der Waals surface area contributed by atoms with Gasteiger partial charge in [0.1, 0.15) is 7.85 Å². The quantitative estimate of drug-likeness (QED) is 0.599. The molecule has 2 aliphatic heterocycles. The van der Waals surface area contributed by atoms with Crippen LogP contribution in [0.5, 0.6) is 0 Å². The van der Waals surface area contributed by atoms with Crippen LogP contribution in [0.2, 0.25) is 0 Å². The summed E-state index contributed by atoms with van der Waals surface area (Å²) in [6.45, 7) is 6.49. The lowest BCUT2D eigenvalue weighted by Gasteiger charge is -2.36. The molecule has 0 saturated carbocycles. The highest BCUT2D eigenvalue weighted by Crippen LogP contribution is 2.50. The molecule has 2 nitrogen and oxygen atoms in total. The van der Waals surface area contributed by atoms with Gasteiger partial charge in [0.15, 0.2) is 0 Å². The first-order valence-electron chi connectivity index (χ1n) is 5.24. The smallest absolute Gasteiger partial charge is 0.112 e. The zero-order chi connectivity index (χ0) is 9.64. The van der Waals surface area contributed by atoms with Crippen molar-refractivity contribution in [1.29, 1.82) is 0 Å². The van der Waals surface area contributed by atoms with E-state index in [4.69, 9.17) is 17.3 Å². The molecule has 72 valence electrons. The van der Waals surface area contributed by atoms with Crippen molar-refractivity contribution in [1.82, 2.24) is 0 Å². The fourth-order valence-corrected chi connectivity index (χ4v) is 2.93. The van der Waals surface area contributed by atoms with Crippen LogP contribution in [0.25, 0.3) is 0 Å². The molecule has 2 bridgehead atoms. The van der Waals surface area contributed by atoms with Crippen LogP contribution in [0.1, 0.15) is 33.6 Å². The molecule has 2 aliphatic rings. The number of rotatable bonds is 2. The Hall–Kier alpha value is -0.0151. The van der Waals surface area contributed by atoms with Crippen molar-refractivity contribution in [3.05, 3.63) is 0 Å². The third kappa shape index (κ3) is 1.03. The lowest BCUT2D eigenvalue weighted by atomic mass is 9.81. The van der Waals surface area contributed by atoms with E-state index < -0.39 is 0 Å². The van der Waals surface area contributed by atoms with Gasteiger partial charge in [-0.2, -0.15) is 0 Å². The second kappa shape index (κ2) is 2.99. The van der Waals surface area contributed by atoms with Gasteiger partial charge < -0.3 is 9.47 Å². The molecule has 2 radical (unpaired) electrons. The summed E-state index contributed by atoms with van der Waals surface area (Å²) in [5.74, 6) is 0.442. The molecular formula is C10H17BO2. The molecule has 1 unspecified atom stereocenters. The van der Waals surface area contributed by atoms with Crippen molar-refractivity contribution in [2.45, 2.75) is 57.4 Å². The van der Waals surface area contributed by atoms with E-state index in [0.717, 1.165) is 12.8 Å². The van der Waals surface area contributed by atoms with Crippen molar-refractivity contribution in [2.75, 3.05) is 0 Å². The van der Waals surface area contributed by atoms with Crippen molar-refractivity contribution < 1.29 is 9.47 Å². The van der Waals surface area contributed by atoms with E-state index in [1.54, 1.807) is 0 Å². The fourth-order valence-electron chi connectivity index (χ4n) is 2.93. The lowest BCUT2D eigenvalue weighted by molar-refractivity contribution is -0.163. The van der Waals surface area contributed by atoms with E-state index in [1.807, 2.05) is 0 Å². The molecule has 3 heteroatoms. The highest BCUT2D eigenvalue weighted by Gasteiger charge is 2.61. The summed E-state index contributed by atoms with van der Waals surface area (Å²) in [4.78, 5) is 0. The van der Waals surface area contributed by atoms with Crippen LogP contribution in [-0.4, -0.2) is 31.7 Å². The van der Waals surface area contributed by atoms with E-state index in [0.29, 0.717) is 5.92 Å². The molecule has 5 atom stereocenters. The van der Waals surface area contributed by atoms with Gasteiger partial charge in [0.2, 0.25) is 0 Å². The van der Waals surface area contributed by atoms with Crippen LogP contribution in [-0.2, 0) is 9.47 Å². The molecule has 2 fully saturated rings. The van der Waals surface area contributed by atoms with Gasteiger partial charge in [-0.15, -0.1) is 0 Å². The maximum Gasteiger partial charge on any atom is 0.112 e. The summed E-state index contributed by atoms with van der Waals surface area (Å²) in [5, 5.41) is 0. The highest BCUT2D eigenvalue weighted by molar-refractivity contribution is 6.11. The number of hydrogen-bond donors (Lipinski definition) is 0. The summed E-state index contributed by atoms with van der Waals surface area (Å²) in [6, 6.07) is -0.210. The minimum atomic E-state index is -0.210. The highest BCUT2D eigenvalue weighted by atomic mass is 16.6. The van der Waals surface area contributed by atoms with E-state index in [-0.39, 0.29) is 23.8 Å². The van der Waals surface area contributed by atoms with Crippen LogP contribution >= 0.6 is 0 Å². The Balaban J connectivity index is 2.27. The maximum absolute atomic E-state index is 5.88. The summed E-state index contributed by atoms with van der Waals surface area (Å²) >= 11 is 0. The zero-order valence-corrected chi connectivity index (χ0v) is 8.62. The Morgan fingerprint density at radius 2 is 2.08 bits per heavy atom. The van der Waals surface area contributed by atoms with E-state index in [9.17, 15) is 0 Å². The first-order chi connectivity index (χ1) is 6.15. The van der Waals surface area contributed by atoms with Gasteiger partial charge in [-0.1, -0.05) is 20.8 Å². The van der Waals surface area contributed by atoms with Gasteiger partial charge in [0, 0.05) is 11.9 Å². The Morgan fingerprint density at radius 3 is 2.54 bits per heavy atom. The van der Waals surface area contributed by atoms with Crippen LogP contribution in [0.3, 0.4) is 0 Å². The van der Waals surface area contributed by atoms with Crippen LogP contribution in [0.4, 0.5) is 0 Å². The molecule has 0 amide bonds. The third-order valence-corrected chi connectivity index (χ3v) is 3.73. The Bertz CT molecular complexity index is 205. The second-order valence-corrected chi connectivity index (χ2v) is 4.18. The van der Waals surface area contributed by atoms with Gasteiger partial charge in [0.05, 0.1) is 17.8 Å². The third-order valence-electron chi connectivity index (χ3n) is 3.73. The predicted octanol–water partition coefficient (Wildman–Crippen LogP) is 1.47. The van der Waals surface area contributed by atoms with Gasteiger partial charge in [-0.3, -0.25) is 0 Å². The Kier molecular flexibility index (Phi) is 2.19. The summed E-state index contributed by atoms with van der Waals surface area (Å²) in [7, 11) is 5.84. The van der Waals surface area contributed by atoms with Gasteiger partial charge in [0.25, 0.3) is 0 Å². The minimum Gasteiger partial charge on any atom is -0.376 e. The topological polar surface area (TPSA) is 18.5 Å². The normalized spacial score (nSPS) is 54.4. The second-order valence-electron chi connectivity index (χ2n) is 4.18. The zero-order valence-electron chi connectivity index (χ0n) is 8.62. The molecular weight excluding hydrogens is 163 g/mol.